The van der Waals surface area contributed by atoms with Crippen LogP contribution in [0.2, 0.25) is 5.02 Å². The molecule has 2 aromatic rings. The molecule has 3 rings (SSSR count). The van der Waals surface area contributed by atoms with Crippen LogP contribution in [0.15, 0.2) is 54.0 Å². The number of benzene rings is 2. The van der Waals surface area contributed by atoms with E-state index in [1.54, 1.807) is 18.2 Å². The van der Waals surface area contributed by atoms with Crippen molar-refractivity contribution in [2.45, 2.75) is 45.5 Å². The van der Waals surface area contributed by atoms with E-state index in [0.717, 1.165) is 5.56 Å². The van der Waals surface area contributed by atoms with E-state index in [2.05, 4.69) is 5.32 Å². The third kappa shape index (κ3) is 5.82. The van der Waals surface area contributed by atoms with E-state index >= 15 is 0 Å². The number of amides is 1. The van der Waals surface area contributed by atoms with Crippen LogP contribution in [-0.4, -0.2) is 36.1 Å². The van der Waals surface area contributed by atoms with Gasteiger partial charge in [0.1, 0.15) is 12.4 Å². The van der Waals surface area contributed by atoms with Crippen LogP contribution in [0.3, 0.4) is 0 Å². The van der Waals surface area contributed by atoms with Crippen molar-refractivity contribution in [2.24, 2.45) is 0 Å². The summed E-state index contributed by atoms with van der Waals surface area (Å²) in [6, 6.07) is 14.2. The fourth-order valence-electron chi connectivity index (χ4n) is 2.99. The topological polar surface area (TPSA) is 77.0 Å². The summed E-state index contributed by atoms with van der Waals surface area (Å²) in [7, 11) is -0.710. The summed E-state index contributed by atoms with van der Waals surface area (Å²) in [5.74, 6) is 0.0603. The molecule has 0 saturated carbocycles. The number of hydrogen-bond donors (Lipinski definition) is 2. The zero-order valence-electron chi connectivity index (χ0n) is 18.1. The van der Waals surface area contributed by atoms with Gasteiger partial charge in [0.25, 0.3) is 0 Å². The number of carbonyl (C=O) groups excluding carboxylic acids is 1. The SMILES string of the molecule is CC1(C)OB(C(=Cc2cc(Cl)ccc2O)CNC(=O)OCc2ccccc2)OC1(C)C. The first kappa shape index (κ1) is 23.2. The van der Waals surface area contributed by atoms with Crippen molar-refractivity contribution in [3.8, 4) is 5.75 Å². The predicted octanol–water partition coefficient (Wildman–Crippen LogP) is 4.99. The van der Waals surface area contributed by atoms with Crippen LogP contribution in [0.25, 0.3) is 6.08 Å². The third-order valence-electron chi connectivity index (χ3n) is 5.54. The second-order valence-corrected chi connectivity index (χ2v) is 8.86. The van der Waals surface area contributed by atoms with Gasteiger partial charge in [-0.2, -0.15) is 0 Å². The van der Waals surface area contributed by atoms with E-state index in [4.69, 9.17) is 25.6 Å². The largest absolute Gasteiger partial charge is 0.507 e. The van der Waals surface area contributed by atoms with Gasteiger partial charge in [-0.3, -0.25) is 0 Å². The monoisotopic (exact) mass is 443 g/mol. The van der Waals surface area contributed by atoms with Crippen molar-refractivity contribution in [3.63, 3.8) is 0 Å². The van der Waals surface area contributed by atoms with Crippen LogP contribution in [0.5, 0.6) is 5.75 Å². The summed E-state index contributed by atoms with van der Waals surface area (Å²) in [5.41, 5.74) is 0.898. The van der Waals surface area contributed by atoms with Crippen molar-refractivity contribution in [1.82, 2.24) is 5.32 Å². The summed E-state index contributed by atoms with van der Waals surface area (Å²) in [6.45, 7) is 8.06. The molecule has 0 radical (unpaired) electrons. The number of nitrogens with one attached hydrogen (secondary N) is 1. The Kier molecular flexibility index (Phi) is 6.99. The molecule has 0 aliphatic carbocycles. The van der Waals surface area contributed by atoms with Crippen molar-refractivity contribution >= 4 is 30.9 Å². The van der Waals surface area contributed by atoms with Crippen molar-refractivity contribution in [3.05, 3.63) is 70.2 Å². The van der Waals surface area contributed by atoms with E-state index in [9.17, 15) is 9.90 Å². The second kappa shape index (κ2) is 9.34. The Morgan fingerprint density at radius 3 is 2.42 bits per heavy atom. The molecule has 0 aromatic heterocycles. The molecule has 0 bridgehead atoms. The maximum Gasteiger partial charge on any atom is 0.492 e. The Labute approximate surface area is 188 Å². The Morgan fingerprint density at radius 2 is 1.77 bits per heavy atom. The smallest absolute Gasteiger partial charge is 0.492 e. The molecule has 2 aromatic carbocycles. The lowest BCUT2D eigenvalue weighted by Crippen LogP contribution is -2.41. The normalized spacial score (nSPS) is 17.5. The maximum absolute atomic E-state index is 12.3. The predicted molar refractivity (Wildman–Crippen MR) is 122 cm³/mol. The summed E-state index contributed by atoms with van der Waals surface area (Å²) in [6.07, 6.45) is 1.14. The number of rotatable bonds is 6. The van der Waals surface area contributed by atoms with Crippen LogP contribution < -0.4 is 5.32 Å². The highest BCUT2D eigenvalue weighted by atomic mass is 35.5. The minimum atomic E-state index is -0.710. The number of aromatic hydroxyl groups is 1. The first-order valence-electron chi connectivity index (χ1n) is 10.1. The summed E-state index contributed by atoms with van der Waals surface area (Å²) in [5, 5.41) is 13.4. The number of halogens is 1. The van der Waals surface area contributed by atoms with Gasteiger partial charge >= 0.3 is 13.2 Å². The minimum Gasteiger partial charge on any atom is -0.507 e. The van der Waals surface area contributed by atoms with Gasteiger partial charge in [0.05, 0.1) is 11.2 Å². The van der Waals surface area contributed by atoms with Gasteiger partial charge < -0.3 is 24.5 Å². The Bertz CT molecular complexity index is 946. The van der Waals surface area contributed by atoms with E-state index in [1.165, 1.54) is 6.07 Å². The Balaban J connectivity index is 1.75. The second-order valence-electron chi connectivity index (χ2n) is 8.43. The van der Waals surface area contributed by atoms with Crippen molar-refractivity contribution < 1.29 is 23.9 Å². The molecular weight excluding hydrogens is 417 g/mol. The van der Waals surface area contributed by atoms with Gasteiger partial charge in [0.2, 0.25) is 0 Å². The highest BCUT2D eigenvalue weighted by Crippen LogP contribution is 2.39. The Hall–Kier alpha value is -2.48. The van der Waals surface area contributed by atoms with Gasteiger partial charge in [0.15, 0.2) is 0 Å². The number of carbonyl (C=O) groups is 1. The molecule has 164 valence electrons. The molecule has 31 heavy (non-hydrogen) atoms. The van der Waals surface area contributed by atoms with Gasteiger partial charge in [0, 0.05) is 17.1 Å². The third-order valence-corrected chi connectivity index (χ3v) is 5.77. The molecule has 0 atom stereocenters. The van der Waals surface area contributed by atoms with Crippen LogP contribution in [-0.2, 0) is 20.7 Å². The average Bonchev–Trinajstić information content (AvgIpc) is 2.94. The van der Waals surface area contributed by atoms with E-state index < -0.39 is 24.4 Å². The number of phenolic OH excluding ortho intramolecular Hbond substituents is 1. The van der Waals surface area contributed by atoms with E-state index in [-0.39, 0.29) is 18.9 Å². The Morgan fingerprint density at radius 1 is 1.13 bits per heavy atom. The molecule has 1 aliphatic heterocycles. The highest BCUT2D eigenvalue weighted by Gasteiger charge is 2.52. The first-order valence-corrected chi connectivity index (χ1v) is 10.4. The maximum atomic E-state index is 12.3. The fourth-order valence-corrected chi connectivity index (χ4v) is 3.17. The summed E-state index contributed by atoms with van der Waals surface area (Å²) < 4.78 is 17.6. The van der Waals surface area contributed by atoms with Crippen molar-refractivity contribution in [1.29, 1.82) is 0 Å². The van der Waals surface area contributed by atoms with Crippen LogP contribution >= 0.6 is 11.6 Å². The lowest BCUT2D eigenvalue weighted by molar-refractivity contribution is 0.00578. The molecule has 0 unspecified atom stereocenters. The number of hydrogen-bond acceptors (Lipinski definition) is 5. The number of phenols is 1. The zero-order chi connectivity index (χ0) is 22.6. The summed E-state index contributed by atoms with van der Waals surface area (Å²) >= 11 is 6.08. The molecule has 6 nitrogen and oxygen atoms in total. The number of ether oxygens (including phenoxy) is 1. The quantitative estimate of drug-likeness (QED) is 0.615. The van der Waals surface area contributed by atoms with E-state index in [1.807, 2.05) is 58.0 Å². The highest BCUT2D eigenvalue weighted by molar-refractivity contribution is 6.56. The first-order chi connectivity index (χ1) is 14.6. The van der Waals surface area contributed by atoms with E-state index in [0.29, 0.717) is 16.1 Å². The van der Waals surface area contributed by atoms with Gasteiger partial charge in [-0.05, 0) is 56.9 Å². The average molecular weight is 444 g/mol. The number of alkyl carbamates (subject to hydrolysis) is 1. The fraction of sp³-hybridized carbons (Fsp3) is 0.348. The molecule has 1 aliphatic rings. The van der Waals surface area contributed by atoms with Crippen LogP contribution in [0.1, 0.15) is 38.8 Å². The summed E-state index contributed by atoms with van der Waals surface area (Å²) in [4.78, 5) is 12.3. The molecular formula is C23H27BClNO5. The molecule has 1 heterocycles. The molecule has 2 N–H and O–H groups in total. The van der Waals surface area contributed by atoms with Crippen LogP contribution in [0.4, 0.5) is 4.79 Å². The lowest BCUT2D eigenvalue weighted by atomic mass is 9.77. The lowest BCUT2D eigenvalue weighted by Gasteiger charge is -2.32. The van der Waals surface area contributed by atoms with Gasteiger partial charge in [-0.25, -0.2) is 4.79 Å². The molecule has 8 heteroatoms. The molecule has 1 amide bonds. The zero-order valence-corrected chi connectivity index (χ0v) is 18.9. The van der Waals surface area contributed by atoms with Gasteiger partial charge in [-0.15, -0.1) is 0 Å². The molecule has 1 saturated heterocycles. The molecule has 1 fully saturated rings. The van der Waals surface area contributed by atoms with Crippen LogP contribution in [0, 0.1) is 0 Å². The minimum absolute atomic E-state index is 0.0603. The van der Waals surface area contributed by atoms with Gasteiger partial charge in [-0.1, -0.05) is 48.0 Å². The molecule has 0 spiro atoms. The standard InChI is InChI=1S/C23H27BClNO5/c1-22(2)23(3,4)31-24(30-22)18(12-17-13-19(25)10-11-20(17)27)14-26-21(28)29-15-16-8-6-5-7-9-16/h5-13,27H,14-15H2,1-4H3,(H,26,28). The van der Waals surface area contributed by atoms with Crippen molar-refractivity contribution in [2.75, 3.05) is 6.54 Å².